The van der Waals surface area contributed by atoms with Gasteiger partial charge in [-0.05, 0) is 25.3 Å². The summed E-state index contributed by atoms with van der Waals surface area (Å²) in [5.41, 5.74) is 1.72. The Hall–Kier alpha value is -2.05. The number of nitrogens with one attached hydrogen (secondary N) is 1. The third kappa shape index (κ3) is 5.73. The van der Waals surface area contributed by atoms with Crippen LogP contribution in [0.4, 0.5) is 0 Å². The molecule has 3 heteroatoms. The predicted molar refractivity (Wildman–Crippen MR) is 81.0 cm³/mol. The number of aliphatic hydroxyl groups is 1. The first-order chi connectivity index (χ1) is 9.67. The van der Waals surface area contributed by atoms with E-state index in [1.54, 1.807) is 6.92 Å². The van der Waals surface area contributed by atoms with Crippen LogP contribution in [0.3, 0.4) is 0 Å². The lowest BCUT2D eigenvalue weighted by Crippen LogP contribution is -2.39. The van der Waals surface area contributed by atoms with Crippen molar-refractivity contribution in [3.8, 4) is 12.3 Å². The molecule has 1 amide bonds. The minimum atomic E-state index is -0.277. The number of hydrogen-bond donors (Lipinski definition) is 2. The molecule has 0 bridgehead atoms. The zero-order chi connectivity index (χ0) is 14.8. The topological polar surface area (TPSA) is 49.3 Å². The average molecular weight is 271 g/mol. The third-order valence-corrected chi connectivity index (χ3v) is 2.98. The molecule has 0 unspecified atom stereocenters. The number of aliphatic hydroxyl groups excluding tert-OH is 1. The van der Waals surface area contributed by atoms with Crippen molar-refractivity contribution >= 4 is 5.91 Å². The number of hydrogen-bond acceptors (Lipinski definition) is 2. The van der Waals surface area contributed by atoms with Gasteiger partial charge in [0.1, 0.15) is 0 Å². The van der Waals surface area contributed by atoms with E-state index in [4.69, 9.17) is 6.42 Å². The van der Waals surface area contributed by atoms with Crippen LogP contribution in [0.15, 0.2) is 42.0 Å². The van der Waals surface area contributed by atoms with E-state index < -0.39 is 0 Å². The van der Waals surface area contributed by atoms with Crippen molar-refractivity contribution in [3.63, 3.8) is 0 Å². The molecule has 0 aromatic heterocycles. The highest BCUT2D eigenvalue weighted by Crippen LogP contribution is 2.04. The van der Waals surface area contributed by atoms with Gasteiger partial charge >= 0.3 is 0 Å². The van der Waals surface area contributed by atoms with Gasteiger partial charge < -0.3 is 10.4 Å². The molecule has 0 heterocycles. The number of unbranched alkanes of at least 4 members (excludes halogenated alkanes) is 1. The van der Waals surface area contributed by atoms with E-state index in [0.29, 0.717) is 24.8 Å². The van der Waals surface area contributed by atoms with Crippen molar-refractivity contribution in [2.75, 3.05) is 6.61 Å². The summed E-state index contributed by atoms with van der Waals surface area (Å²) >= 11 is 0. The van der Waals surface area contributed by atoms with E-state index in [0.717, 1.165) is 5.56 Å². The summed E-state index contributed by atoms with van der Waals surface area (Å²) in [6, 6.07) is 9.50. The lowest BCUT2D eigenvalue weighted by Gasteiger charge is -2.16. The molecule has 106 valence electrons. The number of allylic oxidation sites excluding steroid dienone is 1. The number of carbonyl (C=O) groups excluding carboxylic acids is 1. The molecule has 1 rings (SSSR count). The lowest BCUT2D eigenvalue weighted by molar-refractivity contribution is -0.118. The molecule has 0 aliphatic heterocycles. The van der Waals surface area contributed by atoms with Crippen LogP contribution in [-0.2, 0) is 11.2 Å². The molecular weight excluding hydrogens is 250 g/mol. The molecule has 3 nitrogen and oxygen atoms in total. The van der Waals surface area contributed by atoms with Gasteiger partial charge in [0, 0.05) is 12.0 Å². The van der Waals surface area contributed by atoms with Crippen molar-refractivity contribution in [3.05, 3.63) is 47.5 Å². The molecule has 0 aliphatic rings. The van der Waals surface area contributed by atoms with Gasteiger partial charge in [-0.3, -0.25) is 4.79 Å². The molecule has 0 fully saturated rings. The smallest absolute Gasteiger partial charge is 0.246 e. The summed E-state index contributed by atoms with van der Waals surface area (Å²) in [5.74, 6) is 2.37. The van der Waals surface area contributed by atoms with Crippen LogP contribution in [0.2, 0.25) is 0 Å². The zero-order valence-electron chi connectivity index (χ0n) is 11.8. The monoisotopic (exact) mass is 271 g/mol. The van der Waals surface area contributed by atoms with Crippen molar-refractivity contribution in [1.82, 2.24) is 5.32 Å². The molecule has 20 heavy (non-hydrogen) atoms. The summed E-state index contributed by atoms with van der Waals surface area (Å²) in [5, 5.41) is 12.2. The fourth-order valence-corrected chi connectivity index (χ4v) is 1.82. The van der Waals surface area contributed by atoms with Gasteiger partial charge in [0.2, 0.25) is 5.91 Å². The van der Waals surface area contributed by atoms with E-state index in [1.165, 1.54) is 0 Å². The fourth-order valence-electron chi connectivity index (χ4n) is 1.82. The second-order valence-corrected chi connectivity index (χ2v) is 4.67. The Morgan fingerprint density at radius 3 is 2.75 bits per heavy atom. The predicted octanol–water partition coefficient (Wildman–Crippen LogP) is 2.07. The van der Waals surface area contributed by atoms with E-state index in [1.807, 2.05) is 36.4 Å². The minimum Gasteiger partial charge on any atom is -0.394 e. The Kier molecular flexibility index (Phi) is 7.16. The maximum absolute atomic E-state index is 12.0. The summed E-state index contributed by atoms with van der Waals surface area (Å²) in [7, 11) is 0. The summed E-state index contributed by atoms with van der Waals surface area (Å²) in [6.07, 6.45) is 8.92. The highest BCUT2D eigenvalue weighted by Gasteiger charge is 2.12. The first kappa shape index (κ1) is 16.0. The second kappa shape index (κ2) is 8.95. The third-order valence-electron chi connectivity index (χ3n) is 2.98. The molecule has 0 radical (unpaired) electrons. The molecule has 1 aromatic carbocycles. The first-order valence-electron chi connectivity index (χ1n) is 6.73. The lowest BCUT2D eigenvalue weighted by atomic mass is 10.1. The molecule has 0 spiro atoms. The summed E-state index contributed by atoms with van der Waals surface area (Å²) in [4.78, 5) is 12.0. The van der Waals surface area contributed by atoms with Crippen LogP contribution in [-0.4, -0.2) is 23.7 Å². The zero-order valence-corrected chi connectivity index (χ0v) is 11.8. The number of amides is 1. The van der Waals surface area contributed by atoms with Gasteiger partial charge in [-0.1, -0.05) is 36.4 Å². The van der Waals surface area contributed by atoms with Crippen LogP contribution in [0, 0.1) is 12.3 Å². The first-order valence-corrected chi connectivity index (χ1v) is 6.73. The number of carbonyl (C=O) groups is 1. The van der Waals surface area contributed by atoms with E-state index in [2.05, 4.69) is 11.2 Å². The maximum Gasteiger partial charge on any atom is 0.246 e. The number of benzene rings is 1. The van der Waals surface area contributed by atoms with Gasteiger partial charge in [-0.2, -0.15) is 0 Å². The van der Waals surface area contributed by atoms with E-state index in [9.17, 15) is 9.90 Å². The Balaban J connectivity index is 2.53. The van der Waals surface area contributed by atoms with E-state index in [-0.39, 0.29) is 18.6 Å². The molecule has 1 atom stereocenters. The van der Waals surface area contributed by atoms with Crippen molar-refractivity contribution in [2.45, 2.75) is 32.2 Å². The van der Waals surface area contributed by atoms with Crippen LogP contribution < -0.4 is 5.32 Å². The summed E-state index contributed by atoms with van der Waals surface area (Å²) in [6.45, 7) is 1.67. The number of terminal acetylenes is 1. The van der Waals surface area contributed by atoms with Crippen molar-refractivity contribution < 1.29 is 9.90 Å². The molecule has 0 saturated carbocycles. The quantitative estimate of drug-likeness (QED) is 0.453. The van der Waals surface area contributed by atoms with Gasteiger partial charge in [0.05, 0.1) is 12.6 Å². The van der Waals surface area contributed by atoms with Gasteiger partial charge in [-0.25, -0.2) is 0 Å². The van der Waals surface area contributed by atoms with Crippen LogP contribution in [0.5, 0.6) is 0 Å². The molecular formula is C17H21NO2. The largest absolute Gasteiger partial charge is 0.394 e. The Morgan fingerprint density at radius 2 is 2.15 bits per heavy atom. The normalized spacial score (nSPS) is 12.6. The Bertz CT molecular complexity index is 485. The molecule has 1 aromatic rings. The maximum atomic E-state index is 12.0. The SMILES string of the molecule is C#CCC/C=C(\C)C(=O)N[C@H](CO)Cc1ccccc1. The van der Waals surface area contributed by atoms with Crippen LogP contribution in [0.1, 0.15) is 25.3 Å². The van der Waals surface area contributed by atoms with Gasteiger partial charge in [0.15, 0.2) is 0 Å². The van der Waals surface area contributed by atoms with E-state index >= 15 is 0 Å². The minimum absolute atomic E-state index is 0.0850. The van der Waals surface area contributed by atoms with Crippen molar-refractivity contribution in [1.29, 1.82) is 0 Å². The number of rotatable bonds is 7. The highest BCUT2D eigenvalue weighted by molar-refractivity contribution is 5.92. The molecule has 0 saturated heterocycles. The molecule has 0 aliphatic carbocycles. The van der Waals surface area contributed by atoms with Gasteiger partial charge in [-0.15, -0.1) is 12.3 Å². The standard InChI is InChI=1S/C17H21NO2/c1-3-4-6-9-14(2)17(20)18-16(13-19)12-15-10-7-5-8-11-15/h1,5,7-11,16,19H,4,6,12-13H2,2H3,(H,18,20)/b14-9+/t16-/m0/s1. The Labute approximate surface area is 120 Å². The molecule has 2 N–H and O–H groups in total. The second-order valence-electron chi connectivity index (χ2n) is 4.67. The van der Waals surface area contributed by atoms with Crippen LogP contribution in [0.25, 0.3) is 0 Å². The van der Waals surface area contributed by atoms with Gasteiger partial charge in [0.25, 0.3) is 0 Å². The Morgan fingerprint density at radius 1 is 1.45 bits per heavy atom. The average Bonchev–Trinajstić information content (AvgIpc) is 2.47. The summed E-state index contributed by atoms with van der Waals surface area (Å²) < 4.78 is 0. The van der Waals surface area contributed by atoms with Crippen LogP contribution >= 0.6 is 0 Å². The highest BCUT2D eigenvalue weighted by atomic mass is 16.3. The fraction of sp³-hybridized carbons (Fsp3) is 0.353. The van der Waals surface area contributed by atoms with Crippen molar-refractivity contribution in [2.24, 2.45) is 0 Å².